The minimum atomic E-state index is -0.489. The molecule has 2 saturated heterocycles. The lowest BCUT2D eigenvalue weighted by atomic mass is 9.76. The molecular weight excluding hydrogens is 599 g/mol. The molecule has 0 aliphatic carbocycles. The topological polar surface area (TPSA) is 87.2 Å². The lowest BCUT2D eigenvalue weighted by Gasteiger charge is -2.53. The van der Waals surface area contributed by atoms with Crippen LogP contribution in [0.3, 0.4) is 0 Å². The molecule has 0 aromatic heterocycles. The average Bonchev–Trinajstić information content (AvgIpc) is 3.45. The van der Waals surface area contributed by atoms with Crippen LogP contribution in [0.25, 0.3) is 0 Å². The van der Waals surface area contributed by atoms with Crippen molar-refractivity contribution in [2.75, 3.05) is 60.4 Å². The number of hydrogen-bond acceptors (Lipinski definition) is 9. The number of carbonyl (C=O) groups is 2. The third kappa shape index (κ3) is 8.95. The Morgan fingerprint density at radius 2 is 1.83 bits per heavy atom. The van der Waals surface area contributed by atoms with Crippen molar-refractivity contribution in [2.45, 2.75) is 85.4 Å². The van der Waals surface area contributed by atoms with Gasteiger partial charge < -0.3 is 24.4 Å². The van der Waals surface area contributed by atoms with Crippen LogP contribution >= 0.6 is 0 Å². The van der Waals surface area contributed by atoms with Gasteiger partial charge in [-0.3, -0.25) is 19.9 Å². The van der Waals surface area contributed by atoms with E-state index in [0.29, 0.717) is 24.9 Å². The summed E-state index contributed by atoms with van der Waals surface area (Å²) in [6.45, 7) is 18.0. The molecule has 3 aliphatic heterocycles. The van der Waals surface area contributed by atoms with Crippen LogP contribution in [0.1, 0.15) is 77.6 Å². The number of likely N-dealkylation sites (tertiary alicyclic amines) is 2. The van der Waals surface area contributed by atoms with Gasteiger partial charge in [-0.2, -0.15) is 0 Å². The maximum atomic E-state index is 14.2. The molecule has 1 unspecified atom stereocenters. The molecule has 2 amide bonds. The number of nitrogens with one attached hydrogen (secondary N) is 1. The largest absolute Gasteiger partial charge is 0.359 e. The number of hydrazine groups is 1. The first-order chi connectivity index (χ1) is 22.2. The van der Waals surface area contributed by atoms with Crippen LogP contribution in [0.4, 0.5) is 4.39 Å². The predicted octanol–water partition coefficient (Wildman–Crippen LogP) is 4.25. The van der Waals surface area contributed by atoms with Crippen molar-refractivity contribution >= 4 is 18.2 Å². The van der Waals surface area contributed by atoms with E-state index < -0.39 is 5.82 Å². The van der Waals surface area contributed by atoms with Crippen molar-refractivity contribution in [3.05, 3.63) is 41.6 Å². The average molecular weight is 657 g/mol. The Balaban J connectivity index is 1.32. The van der Waals surface area contributed by atoms with Gasteiger partial charge in [0.05, 0.1) is 5.56 Å². The smallest absolute Gasteiger partial charge is 0.258 e. The summed E-state index contributed by atoms with van der Waals surface area (Å²) in [6, 6.07) is 4.75. The van der Waals surface area contributed by atoms with Gasteiger partial charge >= 0.3 is 0 Å². The second-order valence-electron chi connectivity index (χ2n) is 14.5. The Morgan fingerprint density at radius 3 is 2.47 bits per heavy atom. The van der Waals surface area contributed by atoms with Gasteiger partial charge in [0.1, 0.15) is 18.4 Å². The van der Waals surface area contributed by atoms with Gasteiger partial charge in [0, 0.05) is 76.8 Å². The van der Waals surface area contributed by atoms with Gasteiger partial charge in [0.2, 0.25) is 5.91 Å². The molecule has 262 valence electrons. The summed E-state index contributed by atoms with van der Waals surface area (Å²) in [5.41, 5.74) is 3.39. The van der Waals surface area contributed by atoms with Crippen LogP contribution < -0.4 is 10.3 Å². The van der Waals surface area contributed by atoms with Crippen LogP contribution in [0, 0.1) is 17.2 Å². The maximum Gasteiger partial charge on any atom is 0.258 e. The molecule has 1 aromatic rings. The summed E-state index contributed by atoms with van der Waals surface area (Å²) in [4.78, 5) is 46.7. The van der Waals surface area contributed by atoms with Crippen LogP contribution in [-0.4, -0.2) is 126 Å². The highest BCUT2D eigenvalue weighted by atomic mass is 19.1. The minimum absolute atomic E-state index is 0.0299. The first-order valence-electron chi connectivity index (χ1n) is 17.2. The van der Waals surface area contributed by atoms with Gasteiger partial charge in [-0.15, -0.1) is 5.17 Å². The molecule has 12 heteroatoms. The van der Waals surface area contributed by atoms with Crippen LogP contribution in [0.15, 0.2) is 35.2 Å². The Bertz CT molecular complexity index is 1300. The van der Waals surface area contributed by atoms with Crippen molar-refractivity contribution in [1.82, 2.24) is 35.1 Å². The van der Waals surface area contributed by atoms with Crippen molar-refractivity contribution in [2.24, 2.45) is 16.3 Å². The highest BCUT2D eigenvalue weighted by molar-refractivity contribution is 5.97. The SMILES string of the molecule is CCN(C(=O)c1cc(F)ccc1ON1C=C(N2CCC3(C2)CN([C@H](CCCN(C)C(C)CC(=O)N(C)C)C(C)C)C3)N=CN1)C(C)C. The molecule has 2 fully saturated rings. The molecule has 2 atom stereocenters. The van der Waals surface area contributed by atoms with Gasteiger partial charge in [0.25, 0.3) is 5.91 Å². The number of halogens is 1. The molecule has 3 heterocycles. The van der Waals surface area contributed by atoms with E-state index in [0.717, 1.165) is 57.8 Å². The Hall–Kier alpha value is -3.38. The molecular formula is C35H57FN8O3. The van der Waals surface area contributed by atoms with E-state index >= 15 is 0 Å². The summed E-state index contributed by atoms with van der Waals surface area (Å²) in [6.07, 6.45) is 7.27. The molecule has 1 aromatic carbocycles. The summed E-state index contributed by atoms with van der Waals surface area (Å²) < 4.78 is 14.2. The number of hydroxylamine groups is 1. The summed E-state index contributed by atoms with van der Waals surface area (Å²) in [7, 11) is 5.75. The van der Waals surface area contributed by atoms with Crippen LogP contribution in [-0.2, 0) is 4.79 Å². The number of benzene rings is 1. The minimum Gasteiger partial charge on any atom is -0.359 e. The van der Waals surface area contributed by atoms with E-state index in [1.165, 1.54) is 23.4 Å². The summed E-state index contributed by atoms with van der Waals surface area (Å²) in [5, 5.41) is 1.43. The molecule has 0 saturated carbocycles. The predicted molar refractivity (Wildman–Crippen MR) is 184 cm³/mol. The van der Waals surface area contributed by atoms with E-state index in [9.17, 15) is 14.0 Å². The summed E-state index contributed by atoms with van der Waals surface area (Å²) >= 11 is 0. The number of carbonyl (C=O) groups excluding carboxylic acids is 2. The van der Waals surface area contributed by atoms with Crippen LogP contribution in [0.2, 0.25) is 0 Å². The molecule has 3 aliphatic rings. The number of amides is 2. The molecule has 1 spiro atoms. The Kier molecular flexibility index (Phi) is 12.2. The van der Waals surface area contributed by atoms with E-state index in [-0.39, 0.29) is 40.6 Å². The number of aliphatic imine (C=N–C) groups is 1. The molecule has 4 rings (SSSR count). The van der Waals surface area contributed by atoms with Crippen molar-refractivity contribution in [3.63, 3.8) is 0 Å². The molecule has 0 bridgehead atoms. The van der Waals surface area contributed by atoms with E-state index in [1.807, 2.05) is 34.9 Å². The molecule has 11 nitrogen and oxygen atoms in total. The number of nitrogens with zero attached hydrogens (tertiary/aromatic N) is 7. The zero-order valence-electron chi connectivity index (χ0n) is 30.0. The van der Waals surface area contributed by atoms with Gasteiger partial charge in [-0.25, -0.2) is 9.38 Å². The third-order valence-corrected chi connectivity index (χ3v) is 10.0. The van der Waals surface area contributed by atoms with Gasteiger partial charge in [0.15, 0.2) is 11.6 Å². The van der Waals surface area contributed by atoms with Gasteiger partial charge in [-0.05, 0) is 84.7 Å². The van der Waals surface area contributed by atoms with E-state index in [4.69, 9.17) is 4.84 Å². The first kappa shape index (κ1) is 36.5. The van der Waals surface area contributed by atoms with Gasteiger partial charge in [-0.1, -0.05) is 13.8 Å². The fraction of sp³-hybridized carbons (Fsp3) is 0.686. The molecule has 47 heavy (non-hydrogen) atoms. The fourth-order valence-corrected chi connectivity index (χ4v) is 7.03. The third-order valence-electron chi connectivity index (χ3n) is 10.0. The normalized spacial score (nSPS) is 18.8. The monoisotopic (exact) mass is 656 g/mol. The molecule has 1 N–H and O–H groups in total. The van der Waals surface area contributed by atoms with Crippen LogP contribution in [0.5, 0.6) is 5.75 Å². The van der Waals surface area contributed by atoms with E-state index in [2.05, 4.69) is 52.9 Å². The number of rotatable bonds is 15. The second-order valence-corrected chi connectivity index (χ2v) is 14.5. The van der Waals surface area contributed by atoms with E-state index in [1.54, 1.807) is 22.3 Å². The van der Waals surface area contributed by atoms with Crippen molar-refractivity contribution in [3.8, 4) is 5.75 Å². The highest BCUT2D eigenvalue weighted by Gasteiger charge is 2.50. The zero-order chi connectivity index (χ0) is 34.5. The maximum absolute atomic E-state index is 14.2. The second kappa shape index (κ2) is 15.7. The molecule has 0 radical (unpaired) electrons. The lowest BCUT2D eigenvalue weighted by Crippen LogP contribution is -2.61. The Morgan fingerprint density at radius 1 is 1.11 bits per heavy atom. The standard InChI is InChI=1S/C35H57FN8O3/c1-10-43(26(4)5)34(46)29-19-28(36)13-14-31(29)47-44-20-32(37-24-38-44)41-17-15-35(21-41)22-42(23-35)30(25(2)3)12-11-16-40(9)27(6)18-33(45)39(7)8/h13-14,19-20,24-27,30H,10-12,15-18,21-23H2,1-9H3,(H,37,38)/t27?,30-/m1/s1. The Labute approximate surface area is 281 Å². The first-order valence-corrected chi connectivity index (χ1v) is 17.2. The zero-order valence-corrected chi connectivity index (χ0v) is 30.0. The van der Waals surface area contributed by atoms with Crippen molar-refractivity contribution in [1.29, 1.82) is 0 Å². The quantitative estimate of drug-likeness (QED) is 0.300. The fourth-order valence-electron chi connectivity index (χ4n) is 7.03. The lowest BCUT2D eigenvalue weighted by molar-refractivity contribution is -0.129. The summed E-state index contributed by atoms with van der Waals surface area (Å²) in [5.74, 6) is 1.03. The number of hydrogen-bond donors (Lipinski definition) is 1. The van der Waals surface area contributed by atoms with Crippen molar-refractivity contribution < 1.29 is 18.8 Å². The highest BCUT2D eigenvalue weighted by Crippen LogP contribution is 2.43.